The molecule has 0 bridgehead atoms. The van der Waals surface area contributed by atoms with Crippen molar-refractivity contribution in [1.29, 1.82) is 0 Å². The Kier molecular flexibility index (Phi) is 5.04. The molecule has 4 nitrogen and oxygen atoms in total. The van der Waals surface area contributed by atoms with Crippen LogP contribution in [0.25, 0.3) is 0 Å². The monoisotopic (exact) mass is 294 g/mol. The number of halogens is 1. The summed E-state index contributed by atoms with van der Waals surface area (Å²) in [5.41, 5.74) is 1.65. The molecular formula is C15H19ClN2O2. The molecule has 0 saturated carbocycles. The molecule has 1 N–H and O–H groups in total. The van der Waals surface area contributed by atoms with E-state index in [-0.39, 0.29) is 0 Å². The highest BCUT2D eigenvalue weighted by molar-refractivity contribution is 6.31. The number of aryl methyl sites for hydroxylation is 2. The molecule has 1 atom stereocenters. The van der Waals surface area contributed by atoms with Crippen molar-refractivity contribution in [3.8, 4) is 5.75 Å². The summed E-state index contributed by atoms with van der Waals surface area (Å²) >= 11 is 6.16. The summed E-state index contributed by atoms with van der Waals surface area (Å²) in [5, 5.41) is 14.9. The van der Waals surface area contributed by atoms with Crippen LogP contribution in [0, 0.1) is 6.92 Å². The summed E-state index contributed by atoms with van der Waals surface area (Å²) in [4.78, 5) is 0. The van der Waals surface area contributed by atoms with Gasteiger partial charge in [0.15, 0.2) is 0 Å². The number of rotatable bonds is 6. The number of hydrogen-bond donors (Lipinski definition) is 1. The SMILES string of the molecule is Cc1nn(C)c(CC(O)CCOc2ccccc2)c1Cl. The average molecular weight is 295 g/mol. The molecule has 0 aliphatic rings. The first-order chi connectivity index (χ1) is 9.58. The maximum Gasteiger partial charge on any atom is 0.119 e. The summed E-state index contributed by atoms with van der Waals surface area (Å²) < 4.78 is 7.29. The first kappa shape index (κ1) is 14.9. The van der Waals surface area contributed by atoms with Crippen LogP contribution in [0.4, 0.5) is 0 Å². The van der Waals surface area contributed by atoms with Crippen LogP contribution < -0.4 is 4.74 Å². The summed E-state index contributed by atoms with van der Waals surface area (Å²) in [5.74, 6) is 0.814. The Bertz CT molecular complexity index is 555. The van der Waals surface area contributed by atoms with Crippen LogP contribution in [0.1, 0.15) is 17.8 Å². The minimum atomic E-state index is -0.494. The number of para-hydroxylation sites is 1. The highest BCUT2D eigenvalue weighted by atomic mass is 35.5. The molecule has 5 heteroatoms. The van der Waals surface area contributed by atoms with Crippen LogP contribution in [0.3, 0.4) is 0 Å². The normalized spacial score (nSPS) is 12.4. The Balaban J connectivity index is 1.82. The van der Waals surface area contributed by atoms with Crippen molar-refractivity contribution in [2.24, 2.45) is 7.05 Å². The Morgan fingerprint density at radius 1 is 1.35 bits per heavy atom. The fourth-order valence-corrected chi connectivity index (χ4v) is 2.29. The van der Waals surface area contributed by atoms with Gasteiger partial charge in [0.05, 0.1) is 29.1 Å². The van der Waals surface area contributed by atoms with Crippen molar-refractivity contribution in [1.82, 2.24) is 9.78 Å². The van der Waals surface area contributed by atoms with Crippen molar-refractivity contribution >= 4 is 11.6 Å². The van der Waals surface area contributed by atoms with E-state index in [0.717, 1.165) is 17.1 Å². The zero-order valence-electron chi connectivity index (χ0n) is 11.7. The van der Waals surface area contributed by atoms with E-state index < -0.39 is 6.10 Å². The molecule has 0 saturated heterocycles. The second-order valence-corrected chi connectivity index (χ2v) is 5.16. The minimum absolute atomic E-state index is 0.472. The Labute approximate surface area is 123 Å². The van der Waals surface area contributed by atoms with E-state index in [4.69, 9.17) is 16.3 Å². The summed E-state index contributed by atoms with van der Waals surface area (Å²) in [6.07, 6.45) is 0.537. The fourth-order valence-electron chi connectivity index (χ4n) is 2.06. The van der Waals surface area contributed by atoms with Gasteiger partial charge in [-0.1, -0.05) is 29.8 Å². The first-order valence-corrected chi connectivity index (χ1v) is 6.99. The molecule has 1 aromatic heterocycles. The molecule has 2 rings (SSSR count). The predicted molar refractivity (Wildman–Crippen MR) is 79.2 cm³/mol. The van der Waals surface area contributed by atoms with Crippen molar-refractivity contribution in [3.05, 3.63) is 46.7 Å². The molecule has 20 heavy (non-hydrogen) atoms. The smallest absolute Gasteiger partial charge is 0.119 e. The summed E-state index contributed by atoms with van der Waals surface area (Å²) in [6.45, 7) is 2.33. The van der Waals surface area contributed by atoms with E-state index >= 15 is 0 Å². The van der Waals surface area contributed by atoms with Gasteiger partial charge < -0.3 is 9.84 Å². The van der Waals surface area contributed by atoms with Gasteiger partial charge in [-0.3, -0.25) is 4.68 Å². The molecule has 0 amide bonds. The lowest BCUT2D eigenvalue weighted by Crippen LogP contribution is -2.17. The molecule has 0 radical (unpaired) electrons. The van der Waals surface area contributed by atoms with Crippen LogP contribution in [-0.2, 0) is 13.5 Å². The van der Waals surface area contributed by atoms with Crippen molar-refractivity contribution in [3.63, 3.8) is 0 Å². The minimum Gasteiger partial charge on any atom is -0.493 e. The number of aromatic nitrogens is 2. The van der Waals surface area contributed by atoms with Gasteiger partial charge in [-0.05, 0) is 19.1 Å². The van der Waals surface area contributed by atoms with Gasteiger partial charge in [0.2, 0.25) is 0 Å². The lowest BCUT2D eigenvalue weighted by molar-refractivity contribution is 0.137. The third-order valence-electron chi connectivity index (χ3n) is 3.15. The zero-order valence-corrected chi connectivity index (χ0v) is 12.5. The fraction of sp³-hybridized carbons (Fsp3) is 0.400. The van der Waals surface area contributed by atoms with Gasteiger partial charge in [0, 0.05) is 19.9 Å². The van der Waals surface area contributed by atoms with Crippen LogP contribution >= 0.6 is 11.6 Å². The molecule has 0 spiro atoms. The highest BCUT2D eigenvalue weighted by Crippen LogP contribution is 2.21. The van der Waals surface area contributed by atoms with Crippen LogP contribution in [-0.4, -0.2) is 27.6 Å². The number of benzene rings is 1. The molecule has 1 aromatic carbocycles. The maximum absolute atomic E-state index is 10.1. The van der Waals surface area contributed by atoms with Gasteiger partial charge in [-0.25, -0.2) is 0 Å². The molecule has 1 heterocycles. The number of nitrogens with zero attached hydrogens (tertiary/aromatic N) is 2. The average Bonchev–Trinajstić information content (AvgIpc) is 2.67. The Morgan fingerprint density at radius 2 is 2.05 bits per heavy atom. The van der Waals surface area contributed by atoms with Gasteiger partial charge in [-0.2, -0.15) is 5.10 Å². The van der Waals surface area contributed by atoms with E-state index in [9.17, 15) is 5.11 Å². The van der Waals surface area contributed by atoms with E-state index in [1.807, 2.05) is 44.3 Å². The van der Waals surface area contributed by atoms with Crippen LogP contribution in [0.2, 0.25) is 5.02 Å². The van der Waals surface area contributed by atoms with Gasteiger partial charge in [-0.15, -0.1) is 0 Å². The van der Waals surface area contributed by atoms with Crippen molar-refractivity contribution in [2.75, 3.05) is 6.61 Å². The van der Waals surface area contributed by atoms with E-state index in [0.29, 0.717) is 24.5 Å². The van der Waals surface area contributed by atoms with Crippen molar-refractivity contribution < 1.29 is 9.84 Å². The first-order valence-electron chi connectivity index (χ1n) is 6.62. The van der Waals surface area contributed by atoms with Crippen LogP contribution in [0.15, 0.2) is 30.3 Å². The van der Waals surface area contributed by atoms with Crippen LogP contribution in [0.5, 0.6) is 5.75 Å². The molecule has 0 fully saturated rings. The number of ether oxygens (including phenoxy) is 1. The quantitative estimate of drug-likeness (QED) is 0.891. The third-order valence-corrected chi connectivity index (χ3v) is 3.65. The Morgan fingerprint density at radius 3 is 2.65 bits per heavy atom. The van der Waals surface area contributed by atoms with E-state index in [1.54, 1.807) is 4.68 Å². The highest BCUT2D eigenvalue weighted by Gasteiger charge is 2.15. The van der Waals surface area contributed by atoms with Gasteiger partial charge in [0.1, 0.15) is 5.75 Å². The topological polar surface area (TPSA) is 47.3 Å². The number of aliphatic hydroxyl groups is 1. The molecule has 2 aromatic rings. The molecule has 0 aliphatic heterocycles. The maximum atomic E-state index is 10.1. The Hall–Kier alpha value is -1.52. The number of aliphatic hydroxyl groups excluding tert-OH is 1. The zero-order chi connectivity index (χ0) is 14.5. The molecule has 108 valence electrons. The standard InChI is InChI=1S/C15H19ClN2O2/c1-11-15(16)14(18(2)17-11)10-12(19)8-9-20-13-6-4-3-5-7-13/h3-7,12,19H,8-10H2,1-2H3. The molecular weight excluding hydrogens is 276 g/mol. The lowest BCUT2D eigenvalue weighted by Gasteiger charge is -2.12. The lowest BCUT2D eigenvalue weighted by atomic mass is 10.1. The number of hydrogen-bond acceptors (Lipinski definition) is 3. The van der Waals surface area contributed by atoms with E-state index in [1.165, 1.54) is 0 Å². The molecule has 0 aliphatic carbocycles. The van der Waals surface area contributed by atoms with Gasteiger partial charge >= 0.3 is 0 Å². The predicted octanol–water partition coefficient (Wildman–Crippen LogP) is 2.75. The van der Waals surface area contributed by atoms with Gasteiger partial charge in [0.25, 0.3) is 0 Å². The third kappa shape index (κ3) is 3.74. The van der Waals surface area contributed by atoms with Crippen molar-refractivity contribution in [2.45, 2.75) is 25.9 Å². The summed E-state index contributed by atoms with van der Waals surface area (Å²) in [7, 11) is 1.83. The second-order valence-electron chi connectivity index (χ2n) is 4.78. The molecule has 1 unspecified atom stereocenters. The summed E-state index contributed by atoms with van der Waals surface area (Å²) in [6, 6.07) is 9.57. The van der Waals surface area contributed by atoms with E-state index in [2.05, 4.69) is 5.10 Å². The second kappa shape index (κ2) is 6.77. The largest absolute Gasteiger partial charge is 0.493 e.